The first-order valence-electron chi connectivity index (χ1n) is 6.44. The third-order valence-corrected chi connectivity index (χ3v) is 3.71. The second-order valence-electron chi connectivity index (χ2n) is 4.39. The fourth-order valence-corrected chi connectivity index (χ4v) is 2.57. The van der Waals surface area contributed by atoms with Crippen LogP contribution in [-0.2, 0) is 0 Å². The van der Waals surface area contributed by atoms with Gasteiger partial charge < -0.3 is 15.2 Å². The predicted molar refractivity (Wildman–Crippen MR) is 83.4 cm³/mol. The van der Waals surface area contributed by atoms with Gasteiger partial charge in [-0.25, -0.2) is 0 Å². The Morgan fingerprint density at radius 2 is 2.26 bits per heavy atom. The molecule has 0 aromatic heterocycles. The Morgan fingerprint density at radius 1 is 1.47 bits per heavy atom. The largest absolute Gasteiger partial charge is 0.491 e. The fraction of sp³-hybridized carbons (Fsp3) is 0.571. The van der Waals surface area contributed by atoms with Crippen molar-refractivity contribution in [3.63, 3.8) is 0 Å². The van der Waals surface area contributed by atoms with Gasteiger partial charge in [0.15, 0.2) is 0 Å². The summed E-state index contributed by atoms with van der Waals surface area (Å²) in [5.41, 5.74) is 0. The van der Waals surface area contributed by atoms with E-state index in [0.29, 0.717) is 23.4 Å². The van der Waals surface area contributed by atoms with Crippen LogP contribution in [0, 0.1) is 0 Å². The molecule has 1 aromatic rings. The van der Waals surface area contributed by atoms with E-state index in [2.05, 4.69) is 18.5 Å². The molecule has 0 heterocycles. The summed E-state index contributed by atoms with van der Waals surface area (Å²) in [6.45, 7) is 2.95. The number of rotatable bonds is 9. The Morgan fingerprint density at radius 3 is 2.89 bits per heavy atom. The van der Waals surface area contributed by atoms with Crippen molar-refractivity contribution in [1.29, 1.82) is 0 Å². The third kappa shape index (κ3) is 7.06. The first kappa shape index (κ1) is 16.6. The number of thioether (sulfide) groups is 1. The van der Waals surface area contributed by atoms with Crippen LogP contribution in [0.3, 0.4) is 0 Å². The van der Waals surface area contributed by atoms with E-state index in [1.54, 1.807) is 12.1 Å². The van der Waals surface area contributed by atoms with Crippen molar-refractivity contribution >= 4 is 23.4 Å². The molecule has 0 amide bonds. The summed E-state index contributed by atoms with van der Waals surface area (Å²) < 4.78 is 5.49. The van der Waals surface area contributed by atoms with Gasteiger partial charge in [-0.05, 0) is 30.9 Å². The van der Waals surface area contributed by atoms with Crippen LogP contribution in [-0.4, -0.2) is 42.4 Å². The van der Waals surface area contributed by atoms with Gasteiger partial charge in [0.1, 0.15) is 18.5 Å². The number of benzene rings is 1. The average Bonchev–Trinajstić information content (AvgIpc) is 2.41. The molecule has 1 rings (SSSR count). The summed E-state index contributed by atoms with van der Waals surface area (Å²) in [6.07, 6.45) is 2.63. The van der Waals surface area contributed by atoms with E-state index in [1.807, 2.05) is 23.9 Å². The Balaban J connectivity index is 2.25. The van der Waals surface area contributed by atoms with Gasteiger partial charge in [-0.3, -0.25) is 0 Å². The zero-order valence-electron chi connectivity index (χ0n) is 11.4. The van der Waals surface area contributed by atoms with E-state index >= 15 is 0 Å². The number of hydrogen-bond donors (Lipinski definition) is 2. The predicted octanol–water partition coefficient (Wildman–Crippen LogP) is 2.81. The van der Waals surface area contributed by atoms with Crippen LogP contribution in [0.5, 0.6) is 5.75 Å². The van der Waals surface area contributed by atoms with Gasteiger partial charge in [-0.15, -0.1) is 0 Å². The Kier molecular flexibility index (Phi) is 8.30. The summed E-state index contributed by atoms with van der Waals surface area (Å²) in [4.78, 5) is 0. The maximum Gasteiger partial charge on any atom is 0.120 e. The van der Waals surface area contributed by atoms with Crippen LogP contribution >= 0.6 is 23.4 Å². The monoisotopic (exact) mass is 303 g/mol. The van der Waals surface area contributed by atoms with Gasteiger partial charge in [0.2, 0.25) is 0 Å². The number of hydrogen-bond acceptors (Lipinski definition) is 4. The van der Waals surface area contributed by atoms with Crippen molar-refractivity contribution in [2.45, 2.75) is 25.5 Å². The molecule has 0 saturated heterocycles. The van der Waals surface area contributed by atoms with E-state index in [0.717, 1.165) is 12.2 Å². The molecule has 2 unspecified atom stereocenters. The number of aliphatic hydroxyl groups excluding tert-OH is 1. The molecule has 0 fully saturated rings. The standard InChI is InChI=1S/C14H22ClNO2S/c1-3-12(10-19-2)16-8-13(17)9-18-14-6-4-5-11(15)7-14/h4-7,12-13,16-17H,3,8-10H2,1-2H3. The van der Waals surface area contributed by atoms with Crippen LogP contribution in [0.1, 0.15) is 13.3 Å². The van der Waals surface area contributed by atoms with E-state index in [4.69, 9.17) is 16.3 Å². The molecule has 0 spiro atoms. The molecular weight excluding hydrogens is 282 g/mol. The number of aliphatic hydroxyl groups is 1. The summed E-state index contributed by atoms with van der Waals surface area (Å²) in [6, 6.07) is 7.63. The van der Waals surface area contributed by atoms with Crippen molar-refractivity contribution in [2.75, 3.05) is 25.2 Å². The first-order chi connectivity index (χ1) is 9.15. The summed E-state index contributed by atoms with van der Waals surface area (Å²) in [5.74, 6) is 1.74. The van der Waals surface area contributed by atoms with Gasteiger partial charge >= 0.3 is 0 Å². The summed E-state index contributed by atoms with van der Waals surface area (Å²) >= 11 is 7.67. The van der Waals surface area contributed by atoms with Gasteiger partial charge in [-0.1, -0.05) is 24.6 Å². The minimum Gasteiger partial charge on any atom is -0.491 e. The normalized spacial score (nSPS) is 14.1. The van der Waals surface area contributed by atoms with Crippen LogP contribution in [0.2, 0.25) is 5.02 Å². The van der Waals surface area contributed by atoms with Crippen LogP contribution in [0.15, 0.2) is 24.3 Å². The highest BCUT2D eigenvalue weighted by molar-refractivity contribution is 7.98. The van der Waals surface area contributed by atoms with Crippen molar-refractivity contribution in [1.82, 2.24) is 5.32 Å². The van der Waals surface area contributed by atoms with Crippen molar-refractivity contribution < 1.29 is 9.84 Å². The average molecular weight is 304 g/mol. The van der Waals surface area contributed by atoms with E-state index in [1.165, 1.54) is 0 Å². The molecular formula is C14H22ClNO2S. The van der Waals surface area contributed by atoms with E-state index in [-0.39, 0.29) is 6.61 Å². The maximum absolute atomic E-state index is 9.87. The van der Waals surface area contributed by atoms with Crippen molar-refractivity contribution in [3.05, 3.63) is 29.3 Å². The number of halogens is 1. The van der Waals surface area contributed by atoms with Gasteiger partial charge in [0.05, 0.1) is 0 Å². The molecule has 0 aliphatic rings. The lowest BCUT2D eigenvalue weighted by Gasteiger charge is -2.19. The topological polar surface area (TPSA) is 41.5 Å². The number of ether oxygens (including phenoxy) is 1. The molecule has 2 N–H and O–H groups in total. The second-order valence-corrected chi connectivity index (χ2v) is 5.74. The first-order valence-corrected chi connectivity index (χ1v) is 8.21. The lowest BCUT2D eigenvalue weighted by atomic mass is 10.2. The molecule has 19 heavy (non-hydrogen) atoms. The Labute approximate surface area is 124 Å². The summed E-state index contributed by atoms with van der Waals surface area (Å²) in [5, 5.41) is 13.8. The van der Waals surface area contributed by atoms with Crippen LogP contribution < -0.4 is 10.1 Å². The zero-order valence-corrected chi connectivity index (χ0v) is 13.0. The molecule has 0 saturated carbocycles. The second kappa shape index (κ2) is 9.48. The molecule has 5 heteroatoms. The van der Waals surface area contributed by atoms with Crippen molar-refractivity contribution in [2.24, 2.45) is 0 Å². The van der Waals surface area contributed by atoms with Crippen LogP contribution in [0.25, 0.3) is 0 Å². The maximum atomic E-state index is 9.87. The molecule has 0 radical (unpaired) electrons. The van der Waals surface area contributed by atoms with E-state index in [9.17, 15) is 5.11 Å². The lowest BCUT2D eigenvalue weighted by molar-refractivity contribution is 0.104. The fourth-order valence-electron chi connectivity index (χ4n) is 1.63. The molecule has 0 aliphatic carbocycles. The highest BCUT2D eigenvalue weighted by atomic mass is 35.5. The van der Waals surface area contributed by atoms with Crippen molar-refractivity contribution in [3.8, 4) is 5.75 Å². The van der Waals surface area contributed by atoms with Gasteiger partial charge in [0.25, 0.3) is 0 Å². The quantitative estimate of drug-likeness (QED) is 0.736. The van der Waals surface area contributed by atoms with Gasteiger partial charge in [-0.2, -0.15) is 11.8 Å². The number of nitrogens with one attached hydrogen (secondary N) is 1. The third-order valence-electron chi connectivity index (χ3n) is 2.74. The smallest absolute Gasteiger partial charge is 0.120 e. The molecule has 0 bridgehead atoms. The molecule has 3 nitrogen and oxygen atoms in total. The molecule has 108 valence electrons. The summed E-state index contributed by atoms with van der Waals surface area (Å²) in [7, 11) is 0. The highest BCUT2D eigenvalue weighted by Crippen LogP contribution is 2.17. The van der Waals surface area contributed by atoms with Gasteiger partial charge in [0, 0.05) is 23.4 Å². The molecule has 0 aliphatic heterocycles. The van der Waals surface area contributed by atoms with E-state index < -0.39 is 6.10 Å². The molecule has 1 aromatic carbocycles. The van der Waals surface area contributed by atoms with Crippen LogP contribution in [0.4, 0.5) is 0 Å². The molecule has 2 atom stereocenters. The lowest BCUT2D eigenvalue weighted by Crippen LogP contribution is -2.39. The minimum atomic E-state index is -0.519. The zero-order chi connectivity index (χ0) is 14.1. The highest BCUT2D eigenvalue weighted by Gasteiger charge is 2.09. The Bertz CT molecular complexity index is 365. The minimum absolute atomic E-state index is 0.267. The Hall–Kier alpha value is -0.420. The SMILES string of the molecule is CCC(CSC)NCC(O)COc1cccc(Cl)c1.